The molecule has 0 aromatic heterocycles. The molecule has 1 aromatic carbocycles. The highest BCUT2D eigenvalue weighted by Gasteiger charge is 2.32. The Morgan fingerprint density at radius 3 is 2.67 bits per heavy atom. The van der Waals surface area contributed by atoms with Crippen molar-refractivity contribution in [2.24, 2.45) is 5.73 Å². The Balaban J connectivity index is 2.87. The molecule has 1 rings (SSSR count). The minimum atomic E-state index is -2.94. The summed E-state index contributed by atoms with van der Waals surface area (Å²) < 4.78 is 28.3. The lowest BCUT2D eigenvalue weighted by molar-refractivity contribution is -0.139. The fourth-order valence-electron chi connectivity index (χ4n) is 1.52. The van der Waals surface area contributed by atoms with E-state index >= 15 is 0 Å². The SMILES string of the molecule is CC(C)(SCc1cc(Cl)ccc1OC(F)F)[C@H](N)C(=O)O. The van der Waals surface area contributed by atoms with Crippen LogP contribution in [-0.2, 0) is 10.5 Å². The standard InChI is InChI=1S/C13H16ClF2NO3S/c1-13(2,10(17)11(18)19)21-6-7-5-8(14)3-4-9(7)20-12(15)16/h3-5,10,12H,6,17H2,1-2H3,(H,18,19)/t10-/m1/s1. The molecule has 0 heterocycles. The minimum Gasteiger partial charge on any atom is -0.480 e. The van der Waals surface area contributed by atoms with Gasteiger partial charge in [-0.2, -0.15) is 8.78 Å². The Labute approximate surface area is 130 Å². The molecule has 0 radical (unpaired) electrons. The number of carboxylic acids is 1. The van der Waals surface area contributed by atoms with Crippen LogP contribution in [0.3, 0.4) is 0 Å². The lowest BCUT2D eigenvalue weighted by atomic mass is 10.1. The van der Waals surface area contributed by atoms with Gasteiger partial charge in [0.15, 0.2) is 0 Å². The predicted octanol–water partition coefficient (Wildman–Crippen LogP) is 3.37. The topological polar surface area (TPSA) is 72.5 Å². The van der Waals surface area contributed by atoms with Gasteiger partial charge in [-0.25, -0.2) is 0 Å². The monoisotopic (exact) mass is 339 g/mol. The average molecular weight is 340 g/mol. The third-order valence-electron chi connectivity index (χ3n) is 2.85. The number of hydrogen-bond acceptors (Lipinski definition) is 4. The summed E-state index contributed by atoms with van der Waals surface area (Å²) in [5, 5.41) is 9.33. The summed E-state index contributed by atoms with van der Waals surface area (Å²) >= 11 is 7.07. The Kier molecular flexibility index (Phi) is 6.24. The second kappa shape index (κ2) is 7.29. The molecule has 0 aliphatic carbocycles. The van der Waals surface area contributed by atoms with Crippen molar-refractivity contribution in [1.29, 1.82) is 0 Å². The van der Waals surface area contributed by atoms with Crippen LogP contribution in [0.1, 0.15) is 19.4 Å². The van der Waals surface area contributed by atoms with Gasteiger partial charge in [0.2, 0.25) is 0 Å². The van der Waals surface area contributed by atoms with E-state index in [1.807, 2.05) is 0 Å². The van der Waals surface area contributed by atoms with E-state index in [9.17, 15) is 13.6 Å². The third-order valence-corrected chi connectivity index (χ3v) is 4.54. The highest BCUT2D eigenvalue weighted by Crippen LogP contribution is 2.35. The van der Waals surface area contributed by atoms with Crippen molar-refractivity contribution in [3.8, 4) is 5.75 Å². The Morgan fingerprint density at radius 1 is 1.52 bits per heavy atom. The Hall–Kier alpha value is -1.05. The second-order valence-electron chi connectivity index (χ2n) is 4.84. The first-order valence-electron chi connectivity index (χ1n) is 5.99. The van der Waals surface area contributed by atoms with Gasteiger partial charge in [-0.05, 0) is 32.0 Å². The number of carboxylic acid groups (broad SMARTS) is 1. The molecule has 0 fully saturated rings. The summed E-state index contributed by atoms with van der Waals surface area (Å²) in [5.74, 6) is -0.861. The Morgan fingerprint density at radius 2 is 2.14 bits per heavy atom. The molecule has 4 nitrogen and oxygen atoms in total. The maximum absolute atomic E-state index is 12.3. The van der Waals surface area contributed by atoms with Crippen LogP contribution in [0.25, 0.3) is 0 Å². The van der Waals surface area contributed by atoms with E-state index in [-0.39, 0.29) is 11.5 Å². The molecular formula is C13H16ClF2NO3S. The Bertz CT molecular complexity index is 514. The van der Waals surface area contributed by atoms with Crippen molar-refractivity contribution in [3.05, 3.63) is 28.8 Å². The number of aliphatic carboxylic acids is 1. The van der Waals surface area contributed by atoms with Crippen LogP contribution >= 0.6 is 23.4 Å². The normalized spacial score (nSPS) is 13.3. The molecule has 1 aromatic rings. The lowest BCUT2D eigenvalue weighted by Crippen LogP contribution is -2.46. The summed E-state index contributed by atoms with van der Waals surface area (Å²) in [6, 6.07) is 3.23. The van der Waals surface area contributed by atoms with Crippen molar-refractivity contribution >= 4 is 29.3 Å². The van der Waals surface area contributed by atoms with Gasteiger partial charge in [-0.3, -0.25) is 4.79 Å². The number of alkyl halides is 2. The average Bonchev–Trinajstić information content (AvgIpc) is 2.37. The first-order chi connectivity index (χ1) is 9.63. The van der Waals surface area contributed by atoms with Gasteiger partial charge >= 0.3 is 12.6 Å². The summed E-state index contributed by atoms with van der Waals surface area (Å²) in [7, 11) is 0. The first kappa shape index (κ1) is 18.0. The minimum absolute atomic E-state index is 0.0154. The van der Waals surface area contributed by atoms with Crippen molar-refractivity contribution in [3.63, 3.8) is 0 Å². The summed E-state index contributed by atoms with van der Waals surface area (Å²) in [5.41, 5.74) is 6.07. The number of rotatable bonds is 7. The maximum atomic E-state index is 12.3. The van der Waals surface area contributed by atoms with E-state index in [1.54, 1.807) is 13.8 Å². The van der Waals surface area contributed by atoms with Gasteiger partial charge in [0.25, 0.3) is 0 Å². The number of ether oxygens (including phenoxy) is 1. The number of halogens is 3. The van der Waals surface area contributed by atoms with Gasteiger partial charge < -0.3 is 15.6 Å². The quantitative estimate of drug-likeness (QED) is 0.797. The zero-order chi connectivity index (χ0) is 16.2. The summed E-state index contributed by atoms with van der Waals surface area (Å²) in [6.07, 6.45) is 0. The molecule has 0 saturated carbocycles. The molecule has 0 unspecified atom stereocenters. The number of hydrogen-bond donors (Lipinski definition) is 2. The van der Waals surface area contributed by atoms with Crippen LogP contribution in [0.4, 0.5) is 8.78 Å². The van der Waals surface area contributed by atoms with E-state index in [2.05, 4.69) is 4.74 Å². The van der Waals surface area contributed by atoms with E-state index in [4.69, 9.17) is 22.4 Å². The molecule has 8 heteroatoms. The van der Waals surface area contributed by atoms with Crippen LogP contribution in [0.15, 0.2) is 18.2 Å². The fraction of sp³-hybridized carbons (Fsp3) is 0.462. The summed E-state index contributed by atoms with van der Waals surface area (Å²) in [4.78, 5) is 10.9. The number of benzene rings is 1. The van der Waals surface area contributed by atoms with E-state index in [0.717, 1.165) is 0 Å². The molecule has 21 heavy (non-hydrogen) atoms. The largest absolute Gasteiger partial charge is 0.480 e. The molecule has 0 aliphatic heterocycles. The smallest absolute Gasteiger partial charge is 0.387 e. The van der Waals surface area contributed by atoms with E-state index < -0.39 is 23.4 Å². The first-order valence-corrected chi connectivity index (χ1v) is 7.35. The lowest BCUT2D eigenvalue weighted by Gasteiger charge is -2.28. The second-order valence-corrected chi connectivity index (χ2v) is 6.90. The molecular weight excluding hydrogens is 324 g/mol. The molecule has 0 saturated heterocycles. The van der Waals surface area contributed by atoms with Crippen molar-refractivity contribution in [2.45, 2.75) is 37.0 Å². The zero-order valence-electron chi connectivity index (χ0n) is 11.5. The van der Waals surface area contributed by atoms with E-state index in [1.165, 1.54) is 30.0 Å². The van der Waals surface area contributed by atoms with Crippen LogP contribution < -0.4 is 10.5 Å². The fourth-order valence-corrected chi connectivity index (χ4v) is 2.75. The predicted molar refractivity (Wildman–Crippen MR) is 79.1 cm³/mol. The molecule has 0 bridgehead atoms. The maximum Gasteiger partial charge on any atom is 0.387 e. The van der Waals surface area contributed by atoms with Crippen molar-refractivity contribution in [1.82, 2.24) is 0 Å². The molecule has 3 N–H and O–H groups in total. The van der Waals surface area contributed by atoms with Crippen LogP contribution in [0.5, 0.6) is 5.75 Å². The third kappa shape index (κ3) is 5.33. The van der Waals surface area contributed by atoms with Crippen LogP contribution in [0, 0.1) is 0 Å². The van der Waals surface area contributed by atoms with Crippen molar-refractivity contribution in [2.75, 3.05) is 0 Å². The molecule has 0 spiro atoms. The molecule has 0 amide bonds. The number of carbonyl (C=O) groups is 1. The highest BCUT2D eigenvalue weighted by atomic mass is 35.5. The number of nitrogens with two attached hydrogens (primary N) is 1. The van der Waals surface area contributed by atoms with Crippen LogP contribution in [-0.4, -0.2) is 28.5 Å². The summed E-state index contributed by atoms with van der Waals surface area (Å²) in [6.45, 7) is 0.410. The molecule has 118 valence electrons. The van der Waals surface area contributed by atoms with Crippen molar-refractivity contribution < 1.29 is 23.4 Å². The van der Waals surface area contributed by atoms with Crippen LogP contribution in [0.2, 0.25) is 5.02 Å². The van der Waals surface area contributed by atoms with Gasteiger partial charge in [-0.15, -0.1) is 11.8 Å². The van der Waals surface area contributed by atoms with Gasteiger partial charge in [0.05, 0.1) is 0 Å². The molecule has 1 atom stereocenters. The van der Waals surface area contributed by atoms with Gasteiger partial charge in [-0.1, -0.05) is 11.6 Å². The zero-order valence-corrected chi connectivity index (χ0v) is 13.0. The highest BCUT2D eigenvalue weighted by molar-refractivity contribution is 7.99. The van der Waals surface area contributed by atoms with Gasteiger partial charge in [0, 0.05) is 21.1 Å². The number of thioether (sulfide) groups is 1. The van der Waals surface area contributed by atoms with E-state index in [0.29, 0.717) is 10.6 Å². The van der Waals surface area contributed by atoms with Gasteiger partial charge in [0.1, 0.15) is 11.8 Å². The molecule has 0 aliphatic rings.